The fourth-order valence-corrected chi connectivity index (χ4v) is 2.29. The molecule has 0 aliphatic heterocycles. The number of pyridine rings is 1. The minimum absolute atomic E-state index is 0.124. The number of thiazole rings is 1. The normalized spacial score (nSPS) is 10.2. The number of carbonyl (C=O) groups excluding carboxylic acids is 1. The number of aromatic nitrogens is 2. The van der Waals surface area contributed by atoms with Gasteiger partial charge in [-0.25, -0.2) is 9.97 Å². The molecule has 0 aliphatic carbocycles. The van der Waals surface area contributed by atoms with Gasteiger partial charge in [0.2, 0.25) is 0 Å². The molecule has 110 valence electrons. The highest BCUT2D eigenvalue weighted by Crippen LogP contribution is 2.18. The fourth-order valence-electron chi connectivity index (χ4n) is 1.68. The summed E-state index contributed by atoms with van der Waals surface area (Å²) in [6.07, 6.45) is 1.10. The van der Waals surface area contributed by atoms with Gasteiger partial charge in [-0.1, -0.05) is 0 Å². The standard InChI is InChI=1S/C12H13N5O3S/c1-7-16-8(6-21-7)4-15-12(18)10-3-9(17(19)20)5-14-11(10)13-2/h3,5-6H,4H2,1-2H3,(H,13,14)(H,15,18). The van der Waals surface area contributed by atoms with E-state index < -0.39 is 10.8 Å². The van der Waals surface area contributed by atoms with E-state index in [1.165, 1.54) is 17.4 Å². The van der Waals surface area contributed by atoms with Crippen molar-refractivity contribution in [2.75, 3.05) is 12.4 Å². The lowest BCUT2D eigenvalue weighted by molar-refractivity contribution is -0.385. The van der Waals surface area contributed by atoms with Gasteiger partial charge >= 0.3 is 0 Å². The second kappa shape index (κ2) is 6.27. The van der Waals surface area contributed by atoms with Gasteiger partial charge in [0.15, 0.2) is 0 Å². The van der Waals surface area contributed by atoms with Gasteiger partial charge in [0, 0.05) is 18.5 Å². The molecule has 0 aliphatic rings. The maximum atomic E-state index is 12.1. The van der Waals surface area contributed by atoms with Crippen LogP contribution >= 0.6 is 11.3 Å². The lowest BCUT2D eigenvalue weighted by Crippen LogP contribution is -2.24. The molecular formula is C12H13N5O3S. The van der Waals surface area contributed by atoms with E-state index in [-0.39, 0.29) is 23.6 Å². The average molecular weight is 307 g/mol. The second-order valence-corrected chi connectivity index (χ2v) is 5.20. The van der Waals surface area contributed by atoms with Crippen molar-refractivity contribution in [3.63, 3.8) is 0 Å². The summed E-state index contributed by atoms with van der Waals surface area (Å²) in [6, 6.07) is 1.19. The molecule has 8 nitrogen and oxygen atoms in total. The van der Waals surface area contributed by atoms with E-state index in [4.69, 9.17) is 0 Å². The largest absolute Gasteiger partial charge is 0.372 e. The molecule has 1 amide bonds. The minimum atomic E-state index is -0.590. The number of nitrogens with zero attached hydrogens (tertiary/aromatic N) is 3. The fraction of sp³-hybridized carbons (Fsp3) is 0.250. The summed E-state index contributed by atoms with van der Waals surface area (Å²) in [5.41, 5.74) is 0.637. The highest BCUT2D eigenvalue weighted by Gasteiger charge is 2.17. The monoisotopic (exact) mass is 307 g/mol. The van der Waals surface area contributed by atoms with Crippen LogP contribution < -0.4 is 10.6 Å². The number of rotatable bonds is 5. The Morgan fingerprint density at radius 1 is 1.52 bits per heavy atom. The van der Waals surface area contributed by atoms with Crippen LogP contribution in [0.1, 0.15) is 21.1 Å². The Morgan fingerprint density at radius 3 is 2.86 bits per heavy atom. The molecule has 0 aromatic carbocycles. The first-order valence-electron chi connectivity index (χ1n) is 6.02. The van der Waals surface area contributed by atoms with Crippen molar-refractivity contribution in [3.8, 4) is 0 Å². The van der Waals surface area contributed by atoms with Crippen LogP contribution in [0.2, 0.25) is 0 Å². The first kappa shape index (κ1) is 14.9. The van der Waals surface area contributed by atoms with Crippen molar-refractivity contribution >= 4 is 28.7 Å². The number of anilines is 1. The SMILES string of the molecule is CNc1ncc([N+](=O)[O-])cc1C(=O)NCc1csc(C)n1. The predicted molar refractivity (Wildman–Crippen MR) is 78.5 cm³/mol. The average Bonchev–Trinajstić information content (AvgIpc) is 2.89. The third kappa shape index (κ3) is 3.51. The maximum absolute atomic E-state index is 12.1. The Hall–Kier alpha value is -2.55. The number of amides is 1. The molecule has 0 saturated carbocycles. The van der Waals surface area contributed by atoms with Gasteiger partial charge in [0.05, 0.1) is 27.7 Å². The van der Waals surface area contributed by atoms with E-state index in [1.54, 1.807) is 7.05 Å². The van der Waals surface area contributed by atoms with Crippen LogP contribution in [0.4, 0.5) is 11.5 Å². The lowest BCUT2D eigenvalue weighted by Gasteiger charge is -2.08. The Labute approximate surface area is 124 Å². The van der Waals surface area contributed by atoms with Gasteiger partial charge in [-0.15, -0.1) is 11.3 Å². The zero-order valence-electron chi connectivity index (χ0n) is 11.4. The quantitative estimate of drug-likeness (QED) is 0.643. The molecule has 2 N–H and O–H groups in total. The number of hydrogen-bond donors (Lipinski definition) is 2. The van der Waals surface area contributed by atoms with Crippen LogP contribution in [0, 0.1) is 17.0 Å². The third-order valence-corrected chi connectivity index (χ3v) is 3.48. The van der Waals surface area contributed by atoms with Crippen LogP contribution in [0.15, 0.2) is 17.6 Å². The summed E-state index contributed by atoms with van der Waals surface area (Å²) < 4.78 is 0. The molecule has 2 heterocycles. The minimum Gasteiger partial charge on any atom is -0.372 e. The Kier molecular flexibility index (Phi) is 4.43. The smallest absolute Gasteiger partial charge is 0.288 e. The number of nitro groups is 1. The van der Waals surface area contributed by atoms with Crippen molar-refractivity contribution in [2.45, 2.75) is 13.5 Å². The zero-order chi connectivity index (χ0) is 15.4. The van der Waals surface area contributed by atoms with Gasteiger partial charge in [-0.2, -0.15) is 0 Å². The predicted octanol–water partition coefficient (Wildman–Crippen LogP) is 1.73. The van der Waals surface area contributed by atoms with Crippen molar-refractivity contribution in [1.82, 2.24) is 15.3 Å². The van der Waals surface area contributed by atoms with Gasteiger partial charge in [-0.05, 0) is 6.92 Å². The molecule has 21 heavy (non-hydrogen) atoms. The molecule has 0 atom stereocenters. The van der Waals surface area contributed by atoms with Crippen molar-refractivity contribution < 1.29 is 9.72 Å². The van der Waals surface area contributed by atoms with E-state index in [0.717, 1.165) is 16.9 Å². The van der Waals surface area contributed by atoms with E-state index >= 15 is 0 Å². The second-order valence-electron chi connectivity index (χ2n) is 4.14. The van der Waals surface area contributed by atoms with Crippen LogP contribution in [0.25, 0.3) is 0 Å². The molecule has 9 heteroatoms. The molecule has 0 radical (unpaired) electrons. The first-order valence-corrected chi connectivity index (χ1v) is 6.90. The summed E-state index contributed by atoms with van der Waals surface area (Å²) in [5, 5.41) is 18.9. The Bertz CT molecular complexity index is 685. The highest BCUT2D eigenvalue weighted by atomic mass is 32.1. The first-order chi connectivity index (χ1) is 10.0. The number of nitrogens with one attached hydrogen (secondary N) is 2. The number of aryl methyl sites for hydroxylation is 1. The molecule has 2 aromatic rings. The van der Waals surface area contributed by atoms with E-state index in [1.807, 2.05) is 12.3 Å². The van der Waals surface area contributed by atoms with Crippen LogP contribution in [-0.2, 0) is 6.54 Å². The summed E-state index contributed by atoms with van der Waals surface area (Å²) in [4.78, 5) is 30.4. The van der Waals surface area contributed by atoms with Crippen molar-refractivity contribution in [1.29, 1.82) is 0 Å². The molecule has 0 unspecified atom stereocenters. The van der Waals surface area contributed by atoms with Gasteiger partial charge < -0.3 is 10.6 Å². The Morgan fingerprint density at radius 2 is 2.29 bits per heavy atom. The summed E-state index contributed by atoms with van der Waals surface area (Å²) >= 11 is 1.49. The van der Waals surface area contributed by atoms with Gasteiger partial charge in [0.1, 0.15) is 12.0 Å². The summed E-state index contributed by atoms with van der Waals surface area (Å²) in [5.74, 6) is -0.159. The molecule has 0 spiro atoms. The highest BCUT2D eigenvalue weighted by molar-refractivity contribution is 7.09. The zero-order valence-corrected chi connectivity index (χ0v) is 12.2. The van der Waals surface area contributed by atoms with Gasteiger partial charge in [-0.3, -0.25) is 14.9 Å². The van der Waals surface area contributed by atoms with Crippen molar-refractivity contribution in [3.05, 3.63) is 44.0 Å². The van der Waals surface area contributed by atoms with E-state index in [2.05, 4.69) is 20.6 Å². The van der Waals surface area contributed by atoms with E-state index in [0.29, 0.717) is 0 Å². The third-order valence-electron chi connectivity index (χ3n) is 2.66. The van der Waals surface area contributed by atoms with Crippen molar-refractivity contribution in [2.24, 2.45) is 0 Å². The molecule has 2 aromatic heterocycles. The topological polar surface area (TPSA) is 110 Å². The van der Waals surface area contributed by atoms with Crippen LogP contribution in [0.5, 0.6) is 0 Å². The van der Waals surface area contributed by atoms with Crippen LogP contribution in [-0.4, -0.2) is 27.8 Å². The molecule has 0 bridgehead atoms. The maximum Gasteiger partial charge on any atom is 0.288 e. The number of hydrogen-bond acceptors (Lipinski definition) is 7. The van der Waals surface area contributed by atoms with E-state index in [9.17, 15) is 14.9 Å². The number of carbonyl (C=O) groups is 1. The lowest BCUT2D eigenvalue weighted by atomic mass is 10.2. The Balaban J connectivity index is 2.17. The summed E-state index contributed by atoms with van der Waals surface area (Å²) in [7, 11) is 1.59. The molecule has 0 fully saturated rings. The summed E-state index contributed by atoms with van der Waals surface area (Å²) in [6.45, 7) is 2.13. The van der Waals surface area contributed by atoms with Crippen LogP contribution in [0.3, 0.4) is 0 Å². The molecular weight excluding hydrogens is 294 g/mol. The molecule has 0 saturated heterocycles. The van der Waals surface area contributed by atoms with Gasteiger partial charge in [0.25, 0.3) is 11.6 Å². The molecule has 2 rings (SSSR count).